The zero-order valence-electron chi connectivity index (χ0n) is 8.73. The van der Waals surface area contributed by atoms with Gasteiger partial charge in [0.2, 0.25) is 0 Å². The first kappa shape index (κ1) is 13.6. The molecule has 1 amide bonds. The Kier molecular flexibility index (Phi) is 6.32. The number of rotatable bonds is 6. The standard InChI is InChI=1S/C9H17N3O3/c1-3-4-5-6(9(14)15-2)12-8(13)7(10)11/h3,6-7H,1,4-5,10-11H2,2H3,(H,12,13). The largest absolute Gasteiger partial charge is 0.467 e. The Labute approximate surface area is 88.6 Å². The van der Waals surface area contributed by atoms with Crippen molar-refractivity contribution >= 4 is 11.9 Å². The van der Waals surface area contributed by atoms with E-state index in [-0.39, 0.29) is 0 Å². The molecule has 0 saturated heterocycles. The van der Waals surface area contributed by atoms with Gasteiger partial charge in [0, 0.05) is 0 Å². The first-order valence-corrected chi connectivity index (χ1v) is 4.53. The Morgan fingerprint density at radius 2 is 2.13 bits per heavy atom. The summed E-state index contributed by atoms with van der Waals surface area (Å²) in [5, 5.41) is 2.39. The minimum Gasteiger partial charge on any atom is -0.467 e. The second-order valence-corrected chi connectivity index (χ2v) is 2.98. The highest BCUT2D eigenvalue weighted by molar-refractivity contribution is 5.86. The van der Waals surface area contributed by atoms with E-state index in [0.717, 1.165) is 0 Å². The molecule has 0 aliphatic heterocycles. The molecule has 0 aromatic rings. The van der Waals surface area contributed by atoms with Crippen molar-refractivity contribution in [3.63, 3.8) is 0 Å². The van der Waals surface area contributed by atoms with E-state index in [0.29, 0.717) is 12.8 Å². The van der Waals surface area contributed by atoms with Gasteiger partial charge in [-0.15, -0.1) is 6.58 Å². The third-order valence-corrected chi connectivity index (χ3v) is 1.76. The molecule has 6 heteroatoms. The zero-order chi connectivity index (χ0) is 11.8. The number of hydrogen-bond acceptors (Lipinski definition) is 5. The van der Waals surface area contributed by atoms with Crippen molar-refractivity contribution in [3.05, 3.63) is 12.7 Å². The third kappa shape index (κ3) is 5.14. The summed E-state index contributed by atoms with van der Waals surface area (Å²) in [6.07, 6.45) is 1.50. The van der Waals surface area contributed by atoms with Gasteiger partial charge in [0.1, 0.15) is 12.2 Å². The first-order valence-electron chi connectivity index (χ1n) is 4.53. The lowest BCUT2D eigenvalue weighted by Gasteiger charge is -2.16. The predicted molar refractivity (Wildman–Crippen MR) is 55.5 cm³/mol. The van der Waals surface area contributed by atoms with Gasteiger partial charge in [-0.1, -0.05) is 6.08 Å². The average Bonchev–Trinajstić information content (AvgIpc) is 2.22. The van der Waals surface area contributed by atoms with Crippen molar-refractivity contribution in [3.8, 4) is 0 Å². The fourth-order valence-electron chi connectivity index (χ4n) is 0.944. The number of carbonyl (C=O) groups excluding carboxylic acids is 2. The molecule has 0 aliphatic rings. The number of allylic oxidation sites excluding steroid dienone is 1. The van der Waals surface area contributed by atoms with Crippen LogP contribution in [-0.2, 0) is 14.3 Å². The van der Waals surface area contributed by atoms with Crippen LogP contribution < -0.4 is 16.8 Å². The second-order valence-electron chi connectivity index (χ2n) is 2.98. The van der Waals surface area contributed by atoms with Gasteiger partial charge in [-0.05, 0) is 12.8 Å². The Hall–Kier alpha value is -1.40. The van der Waals surface area contributed by atoms with Gasteiger partial charge in [-0.2, -0.15) is 0 Å². The van der Waals surface area contributed by atoms with Gasteiger partial charge in [0.05, 0.1) is 7.11 Å². The lowest BCUT2D eigenvalue weighted by molar-refractivity contribution is -0.145. The first-order chi connectivity index (χ1) is 7.02. The molecule has 0 saturated carbocycles. The van der Waals surface area contributed by atoms with E-state index in [1.54, 1.807) is 6.08 Å². The average molecular weight is 215 g/mol. The van der Waals surface area contributed by atoms with Crippen LogP contribution >= 0.6 is 0 Å². The van der Waals surface area contributed by atoms with Crippen LogP contribution in [0.1, 0.15) is 12.8 Å². The molecule has 0 rings (SSSR count). The smallest absolute Gasteiger partial charge is 0.328 e. The van der Waals surface area contributed by atoms with Gasteiger partial charge in [0.25, 0.3) is 5.91 Å². The number of methoxy groups -OCH3 is 1. The van der Waals surface area contributed by atoms with Gasteiger partial charge in [-0.3, -0.25) is 4.79 Å². The van der Waals surface area contributed by atoms with Gasteiger partial charge in [0.15, 0.2) is 0 Å². The monoisotopic (exact) mass is 215 g/mol. The number of nitrogens with two attached hydrogens (primary N) is 2. The molecule has 0 radical (unpaired) electrons. The van der Waals surface area contributed by atoms with Crippen LogP contribution in [0.15, 0.2) is 12.7 Å². The Morgan fingerprint density at radius 1 is 1.53 bits per heavy atom. The van der Waals surface area contributed by atoms with E-state index in [2.05, 4.69) is 16.6 Å². The SMILES string of the molecule is C=CCCC(NC(=O)C(N)N)C(=O)OC. The molecule has 1 unspecified atom stereocenters. The van der Waals surface area contributed by atoms with E-state index < -0.39 is 24.1 Å². The molecular weight excluding hydrogens is 198 g/mol. The third-order valence-electron chi connectivity index (χ3n) is 1.76. The van der Waals surface area contributed by atoms with Crippen LogP contribution in [-0.4, -0.2) is 31.2 Å². The highest BCUT2D eigenvalue weighted by Gasteiger charge is 2.21. The zero-order valence-corrected chi connectivity index (χ0v) is 8.73. The van der Waals surface area contributed by atoms with Gasteiger partial charge in [-0.25, -0.2) is 4.79 Å². The van der Waals surface area contributed by atoms with E-state index in [1.165, 1.54) is 7.11 Å². The topological polar surface area (TPSA) is 107 Å². The van der Waals surface area contributed by atoms with Crippen LogP contribution in [0, 0.1) is 0 Å². The Bertz CT molecular complexity index is 241. The summed E-state index contributed by atoms with van der Waals surface area (Å²) in [7, 11) is 1.25. The molecule has 0 fully saturated rings. The number of esters is 1. The fraction of sp³-hybridized carbons (Fsp3) is 0.556. The molecule has 0 aliphatic carbocycles. The van der Waals surface area contributed by atoms with Crippen LogP contribution in [0.25, 0.3) is 0 Å². The molecule has 0 spiro atoms. The van der Waals surface area contributed by atoms with Crippen LogP contribution in [0.2, 0.25) is 0 Å². The Balaban J connectivity index is 4.29. The molecule has 0 bridgehead atoms. The van der Waals surface area contributed by atoms with Crippen LogP contribution in [0.5, 0.6) is 0 Å². The van der Waals surface area contributed by atoms with Crippen molar-refractivity contribution in [1.29, 1.82) is 0 Å². The highest BCUT2D eigenvalue weighted by Crippen LogP contribution is 2.00. The number of nitrogens with one attached hydrogen (secondary N) is 1. The Morgan fingerprint density at radius 3 is 2.53 bits per heavy atom. The molecule has 1 atom stereocenters. The van der Waals surface area contributed by atoms with Crippen LogP contribution in [0.3, 0.4) is 0 Å². The fourth-order valence-corrected chi connectivity index (χ4v) is 0.944. The summed E-state index contributed by atoms with van der Waals surface area (Å²) < 4.78 is 4.52. The number of ether oxygens (including phenoxy) is 1. The lowest BCUT2D eigenvalue weighted by atomic mass is 10.1. The van der Waals surface area contributed by atoms with E-state index in [9.17, 15) is 9.59 Å². The molecule has 0 aromatic carbocycles. The van der Waals surface area contributed by atoms with Crippen molar-refractivity contribution in [2.45, 2.75) is 25.0 Å². The number of hydrogen-bond donors (Lipinski definition) is 3. The minimum atomic E-state index is -1.14. The maximum absolute atomic E-state index is 11.2. The van der Waals surface area contributed by atoms with E-state index in [4.69, 9.17) is 11.5 Å². The molecule has 15 heavy (non-hydrogen) atoms. The molecule has 0 heterocycles. The molecule has 6 nitrogen and oxygen atoms in total. The van der Waals surface area contributed by atoms with E-state index in [1.807, 2.05) is 0 Å². The number of carbonyl (C=O) groups is 2. The summed E-state index contributed by atoms with van der Waals surface area (Å²) in [5.74, 6) is -1.11. The highest BCUT2D eigenvalue weighted by atomic mass is 16.5. The molecular formula is C9H17N3O3. The summed E-state index contributed by atoms with van der Waals surface area (Å²) in [6.45, 7) is 3.52. The maximum Gasteiger partial charge on any atom is 0.328 e. The van der Waals surface area contributed by atoms with Crippen molar-refractivity contribution in [2.24, 2.45) is 11.5 Å². The van der Waals surface area contributed by atoms with Gasteiger partial charge >= 0.3 is 5.97 Å². The van der Waals surface area contributed by atoms with Gasteiger partial charge < -0.3 is 21.5 Å². The predicted octanol–water partition coefficient (Wildman–Crippen LogP) is -1.15. The second kappa shape index (κ2) is 6.97. The summed E-state index contributed by atoms with van der Waals surface area (Å²) >= 11 is 0. The maximum atomic E-state index is 11.2. The van der Waals surface area contributed by atoms with Crippen molar-refractivity contribution < 1.29 is 14.3 Å². The summed E-state index contributed by atoms with van der Waals surface area (Å²) in [5.41, 5.74) is 10.3. The lowest BCUT2D eigenvalue weighted by Crippen LogP contribution is -2.52. The quantitative estimate of drug-likeness (QED) is 0.295. The normalized spacial score (nSPS) is 12.0. The molecule has 86 valence electrons. The van der Waals surface area contributed by atoms with Crippen molar-refractivity contribution in [2.75, 3.05) is 7.11 Å². The molecule has 5 N–H and O–H groups in total. The van der Waals surface area contributed by atoms with Crippen molar-refractivity contribution in [1.82, 2.24) is 5.32 Å². The summed E-state index contributed by atoms with van der Waals surface area (Å²) in [6, 6.07) is -0.727. The molecule has 0 aromatic heterocycles. The summed E-state index contributed by atoms with van der Waals surface area (Å²) in [4.78, 5) is 22.4. The van der Waals surface area contributed by atoms with E-state index >= 15 is 0 Å². The van der Waals surface area contributed by atoms with Crippen LogP contribution in [0.4, 0.5) is 0 Å². The number of amides is 1. The minimum absolute atomic E-state index is 0.411.